The quantitative estimate of drug-likeness (QED) is 0.820. The van der Waals surface area contributed by atoms with E-state index >= 15 is 0 Å². The van der Waals surface area contributed by atoms with E-state index in [2.05, 4.69) is 10.3 Å². The SMILES string of the molecule is C[C@H](Sc1nc(N)c(C#N)cc1C#N)C(=O)NC1CCCC1. The van der Waals surface area contributed by atoms with Crippen molar-refractivity contribution in [3.05, 3.63) is 17.2 Å². The van der Waals surface area contributed by atoms with E-state index in [1.165, 1.54) is 17.8 Å². The molecule has 1 aromatic rings. The van der Waals surface area contributed by atoms with Crippen molar-refractivity contribution in [1.29, 1.82) is 10.5 Å². The van der Waals surface area contributed by atoms with Gasteiger partial charge in [-0.3, -0.25) is 4.79 Å². The summed E-state index contributed by atoms with van der Waals surface area (Å²) in [7, 11) is 0. The third-order valence-corrected chi connectivity index (χ3v) is 4.72. The molecule has 3 N–H and O–H groups in total. The summed E-state index contributed by atoms with van der Waals surface area (Å²) in [6.45, 7) is 1.77. The van der Waals surface area contributed by atoms with Gasteiger partial charge in [0, 0.05) is 6.04 Å². The van der Waals surface area contributed by atoms with Crippen LogP contribution in [-0.4, -0.2) is 22.2 Å². The number of hydrogen-bond acceptors (Lipinski definition) is 6. The van der Waals surface area contributed by atoms with Crippen molar-refractivity contribution in [2.45, 2.75) is 48.9 Å². The normalized spacial score (nSPS) is 15.8. The van der Waals surface area contributed by atoms with Gasteiger partial charge < -0.3 is 11.1 Å². The molecule has 1 aliphatic rings. The molecule has 22 heavy (non-hydrogen) atoms. The Morgan fingerprint density at radius 3 is 2.64 bits per heavy atom. The number of nitrogen functional groups attached to an aromatic ring is 1. The molecule has 1 heterocycles. The first-order valence-electron chi connectivity index (χ1n) is 7.13. The lowest BCUT2D eigenvalue weighted by Crippen LogP contribution is -2.37. The summed E-state index contributed by atoms with van der Waals surface area (Å²) in [6, 6.07) is 5.55. The van der Waals surface area contributed by atoms with E-state index in [1.54, 1.807) is 6.92 Å². The third-order valence-electron chi connectivity index (χ3n) is 3.62. The maximum absolute atomic E-state index is 12.2. The number of rotatable bonds is 4. The maximum Gasteiger partial charge on any atom is 0.233 e. The van der Waals surface area contributed by atoms with Crippen LogP contribution in [0.1, 0.15) is 43.7 Å². The van der Waals surface area contributed by atoms with Gasteiger partial charge in [-0.15, -0.1) is 0 Å². The highest BCUT2D eigenvalue weighted by atomic mass is 32.2. The van der Waals surface area contributed by atoms with Crippen molar-refractivity contribution < 1.29 is 4.79 Å². The highest BCUT2D eigenvalue weighted by Gasteiger charge is 2.23. The number of nitrogens with zero attached hydrogens (tertiary/aromatic N) is 3. The van der Waals surface area contributed by atoms with E-state index in [-0.39, 0.29) is 34.1 Å². The molecule has 0 spiro atoms. The van der Waals surface area contributed by atoms with Gasteiger partial charge in [-0.05, 0) is 25.8 Å². The summed E-state index contributed by atoms with van der Waals surface area (Å²) in [5.41, 5.74) is 6.11. The largest absolute Gasteiger partial charge is 0.383 e. The van der Waals surface area contributed by atoms with Crippen molar-refractivity contribution in [2.75, 3.05) is 5.73 Å². The fourth-order valence-electron chi connectivity index (χ4n) is 2.38. The minimum atomic E-state index is -0.382. The van der Waals surface area contributed by atoms with E-state index in [9.17, 15) is 4.79 Å². The number of nitrogens with one attached hydrogen (secondary N) is 1. The third kappa shape index (κ3) is 3.69. The Bertz CT molecular complexity index is 655. The summed E-state index contributed by atoms with van der Waals surface area (Å²) in [5.74, 6) is 0.0120. The second kappa shape index (κ2) is 7.15. The first-order chi connectivity index (χ1) is 10.5. The molecule has 1 atom stereocenters. The van der Waals surface area contributed by atoms with Crippen LogP contribution in [0.3, 0.4) is 0 Å². The second-order valence-electron chi connectivity index (χ2n) is 5.25. The minimum absolute atomic E-state index is 0.0643. The zero-order valence-corrected chi connectivity index (χ0v) is 13.1. The topological polar surface area (TPSA) is 116 Å². The number of thioether (sulfide) groups is 1. The lowest BCUT2D eigenvalue weighted by Gasteiger charge is -2.16. The fraction of sp³-hybridized carbons (Fsp3) is 0.467. The number of carbonyl (C=O) groups is 1. The summed E-state index contributed by atoms with van der Waals surface area (Å²) in [6.07, 6.45) is 4.35. The summed E-state index contributed by atoms with van der Waals surface area (Å²) >= 11 is 1.18. The molecular weight excluding hydrogens is 298 g/mol. The molecule has 0 bridgehead atoms. The van der Waals surface area contributed by atoms with E-state index in [0.717, 1.165) is 25.7 Å². The second-order valence-corrected chi connectivity index (χ2v) is 6.58. The van der Waals surface area contributed by atoms with Gasteiger partial charge in [0.05, 0.1) is 16.4 Å². The molecule has 1 aliphatic carbocycles. The molecule has 1 fully saturated rings. The average Bonchev–Trinajstić information content (AvgIpc) is 3.00. The smallest absolute Gasteiger partial charge is 0.233 e. The standard InChI is InChI=1S/C15H17N5OS/c1-9(14(21)19-12-4-2-3-5-12)22-15-11(8-17)6-10(7-16)13(18)20-15/h6,9,12H,2-5H2,1H3,(H2,18,20)(H,19,21)/t9-/m0/s1. The Labute approximate surface area is 133 Å². The van der Waals surface area contributed by atoms with Crippen LogP contribution < -0.4 is 11.1 Å². The van der Waals surface area contributed by atoms with Crippen LogP contribution in [0.2, 0.25) is 0 Å². The zero-order valence-electron chi connectivity index (χ0n) is 12.3. The van der Waals surface area contributed by atoms with Crippen LogP contribution in [0.15, 0.2) is 11.1 Å². The maximum atomic E-state index is 12.2. The number of nitriles is 2. The molecule has 0 aromatic carbocycles. The summed E-state index contributed by atoms with van der Waals surface area (Å²) < 4.78 is 0. The van der Waals surface area contributed by atoms with Crippen LogP contribution in [0, 0.1) is 22.7 Å². The van der Waals surface area contributed by atoms with Gasteiger partial charge in [-0.25, -0.2) is 4.98 Å². The van der Waals surface area contributed by atoms with Crippen LogP contribution >= 0.6 is 11.8 Å². The molecule has 1 amide bonds. The van der Waals surface area contributed by atoms with Gasteiger partial charge >= 0.3 is 0 Å². The van der Waals surface area contributed by atoms with Crippen LogP contribution in [0.4, 0.5) is 5.82 Å². The average molecular weight is 315 g/mol. The van der Waals surface area contributed by atoms with Gasteiger partial charge in [0.25, 0.3) is 0 Å². The number of carbonyl (C=O) groups excluding carboxylic acids is 1. The molecule has 2 rings (SSSR count). The molecule has 6 nitrogen and oxygen atoms in total. The number of anilines is 1. The molecule has 0 radical (unpaired) electrons. The van der Waals surface area contributed by atoms with Crippen molar-refractivity contribution in [3.63, 3.8) is 0 Å². The molecule has 1 aromatic heterocycles. The summed E-state index contributed by atoms with van der Waals surface area (Å²) in [4.78, 5) is 16.3. The first kappa shape index (κ1) is 16.1. The molecule has 0 aliphatic heterocycles. The lowest BCUT2D eigenvalue weighted by atomic mass is 10.2. The number of pyridine rings is 1. The summed E-state index contributed by atoms with van der Waals surface area (Å²) in [5, 5.41) is 21.1. The predicted octanol–water partition coefficient (Wildman–Crippen LogP) is 1.95. The molecule has 7 heteroatoms. The van der Waals surface area contributed by atoms with E-state index < -0.39 is 0 Å². The van der Waals surface area contributed by atoms with Crippen molar-refractivity contribution in [2.24, 2.45) is 0 Å². The van der Waals surface area contributed by atoms with Gasteiger partial charge in [-0.1, -0.05) is 24.6 Å². The Kier molecular flexibility index (Phi) is 5.24. The number of amides is 1. The lowest BCUT2D eigenvalue weighted by molar-refractivity contribution is -0.120. The molecular formula is C15H17N5OS. The Hall–Kier alpha value is -2.25. The Morgan fingerprint density at radius 1 is 1.41 bits per heavy atom. The van der Waals surface area contributed by atoms with E-state index in [1.807, 2.05) is 12.1 Å². The van der Waals surface area contributed by atoms with Crippen LogP contribution in [0.5, 0.6) is 0 Å². The fourth-order valence-corrected chi connectivity index (χ4v) is 3.27. The van der Waals surface area contributed by atoms with Gasteiger partial charge in [0.15, 0.2) is 0 Å². The number of aromatic nitrogens is 1. The Morgan fingerprint density at radius 2 is 2.05 bits per heavy atom. The van der Waals surface area contributed by atoms with Crippen molar-refractivity contribution in [1.82, 2.24) is 10.3 Å². The van der Waals surface area contributed by atoms with Crippen molar-refractivity contribution >= 4 is 23.5 Å². The minimum Gasteiger partial charge on any atom is -0.383 e. The van der Waals surface area contributed by atoms with Gasteiger partial charge in [-0.2, -0.15) is 10.5 Å². The number of hydrogen-bond donors (Lipinski definition) is 2. The highest BCUT2D eigenvalue weighted by molar-refractivity contribution is 8.00. The molecule has 1 saturated carbocycles. The molecule has 0 saturated heterocycles. The van der Waals surface area contributed by atoms with Crippen LogP contribution in [-0.2, 0) is 4.79 Å². The van der Waals surface area contributed by atoms with Gasteiger partial charge in [0.1, 0.15) is 23.0 Å². The van der Waals surface area contributed by atoms with E-state index in [0.29, 0.717) is 5.03 Å². The predicted molar refractivity (Wildman–Crippen MR) is 83.8 cm³/mol. The van der Waals surface area contributed by atoms with Crippen molar-refractivity contribution in [3.8, 4) is 12.1 Å². The highest BCUT2D eigenvalue weighted by Crippen LogP contribution is 2.28. The first-order valence-corrected chi connectivity index (χ1v) is 8.01. The monoisotopic (exact) mass is 315 g/mol. The van der Waals surface area contributed by atoms with Crippen LogP contribution in [0.25, 0.3) is 0 Å². The zero-order chi connectivity index (χ0) is 16.1. The Balaban J connectivity index is 2.09. The molecule has 0 unspecified atom stereocenters. The number of nitrogens with two attached hydrogens (primary N) is 1. The van der Waals surface area contributed by atoms with E-state index in [4.69, 9.17) is 16.3 Å². The van der Waals surface area contributed by atoms with Gasteiger partial charge in [0.2, 0.25) is 5.91 Å². The molecule has 114 valence electrons.